The first-order chi connectivity index (χ1) is 4.63. The van der Waals surface area contributed by atoms with E-state index in [0.29, 0.717) is 0 Å². The number of aromatic nitrogens is 1. The third-order valence-corrected chi connectivity index (χ3v) is 0.771. The number of aromatic carboxylic acids is 1. The van der Waals surface area contributed by atoms with Crippen LogP contribution in [0.15, 0.2) is 10.6 Å². The molecule has 0 saturated carbocycles. The van der Waals surface area contributed by atoms with Gasteiger partial charge >= 0.3 is 5.97 Å². The molecule has 0 unspecified atom stereocenters. The Morgan fingerprint density at radius 2 is 2.78 bits per heavy atom. The predicted octanol–water partition coefficient (Wildman–Crippen LogP) is 0.681. The van der Waals surface area contributed by atoms with E-state index in [0.717, 1.165) is 0 Å². The third-order valence-electron chi connectivity index (χ3n) is 0.771. The highest BCUT2D eigenvalue weighted by molar-refractivity contribution is 5.85. The van der Waals surface area contributed by atoms with Gasteiger partial charge in [-0.25, -0.2) is 4.79 Å². The molecular formula is C5H5NO3. The monoisotopic (exact) mass is 128 g/mol. The zero-order valence-electron chi connectivity index (χ0n) is 5.71. The van der Waals surface area contributed by atoms with Crippen molar-refractivity contribution in [3.8, 4) is 0 Å². The SMILES string of the molecule is [2H]c1c(C(=O)O)noc1C. The van der Waals surface area contributed by atoms with Gasteiger partial charge in [-0.15, -0.1) is 0 Å². The van der Waals surface area contributed by atoms with Crippen LogP contribution in [0.4, 0.5) is 0 Å². The summed E-state index contributed by atoms with van der Waals surface area (Å²) >= 11 is 0. The van der Waals surface area contributed by atoms with E-state index >= 15 is 0 Å². The third kappa shape index (κ3) is 1.07. The van der Waals surface area contributed by atoms with Gasteiger partial charge in [0.05, 0.1) is 1.37 Å². The van der Waals surface area contributed by atoms with Crippen LogP contribution in [0.3, 0.4) is 0 Å². The summed E-state index contributed by atoms with van der Waals surface area (Å²) in [5.41, 5.74) is -0.336. The summed E-state index contributed by atoms with van der Waals surface area (Å²) in [7, 11) is 0. The molecule has 4 nitrogen and oxygen atoms in total. The van der Waals surface area contributed by atoms with Crippen LogP contribution >= 0.6 is 0 Å². The van der Waals surface area contributed by atoms with Gasteiger partial charge < -0.3 is 9.63 Å². The summed E-state index contributed by atoms with van der Waals surface area (Å²) in [4.78, 5) is 10.2. The van der Waals surface area contributed by atoms with E-state index < -0.39 is 5.97 Å². The maximum absolute atomic E-state index is 10.2. The maximum atomic E-state index is 10.2. The van der Waals surface area contributed by atoms with Crippen LogP contribution in [0.2, 0.25) is 0 Å². The number of aryl methyl sites for hydroxylation is 1. The molecule has 0 aromatic carbocycles. The van der Waals surface area contributed by atoms with Gasteiger partial charge in [0.25, 0.3) is 0 Å². The van der Waals surface area contributed by atoms with Gasteiger partial charge in [-0.2, -0.15) is 0 Å². The van der Waals surface area contributed by atoms with E-state index in [-0.39, 0.29) is 17.5 Å². The first kappa shape index (κ1) is 4.55. The number of carbonyl (C=O) groups is 1. The lowest BCUT2D eigenvalue weighted by Gasteiger charge is -1.75. The van der Waals surface area contributed by atoms with Crippen molar-refractivity contribution in [2.75, 3.05) is 0 Å². The summed E-state index contributed by atoms with van der Waals surface area (Å²) < 4.78 is 11.5. The largest absolute Gasteiger partial charge is 0.476 e. The van der Waals surface area contributed by atoms with Crippen molar-refractivity contribution in [2.45, 2.75) is 6.92 Å². The lowest BCUT2D eigenvalue weighted by Crippen LogP contribution is -1.94. The Balaban J connectivity index is 3.17. The molecule has 0 atom stereocenters. The first-order valence-corrected chi connectivity index (χ1v) is 2.29. The normalized spacial score (nSPS) is 11.0. The lowest BCUT2D eigenvalue weighted by molar-refractivity contribution is 0.0685. The average Bonchev–Trinajstić information content (AvgIpc) is 2.14. The molecule has 1 N–H and O–H groups in total. The van der Waals surface area contributed by atoms with Crippen molar-refractivity contribution < 1.29 is 15.8 Å². The number of carboxylic acids is 1. The standard InChI is InChI=1S/C5H5NO3/c1-3-2-4(5(7)8)6-9-3/h2H,1H3,(H,7,8)/i2D. The Kier molecular flexibility index (Phi) is 0.955. The second-order valence-corrected chi connectivity index (χ2v) is 1.52. The highest BCUT2D eigenvalue weighted by atomic mass is 16.5. The van der Waals surface area contributed by atoms with Crippen LogP contribution in [0.5, 0.6) is 0 Å². The summed E-state index contributed by atoms with van der Waals surface area (Å²) in [5, 5.41) is 11.5. The molecule has 0 saturated heterocycles. The zero-order chi connectivity index (χ0) is 7.72. The number of rotatable bonds is 1. The molecule has 1 aromatic rings. The Morgan fingerprint density at radius 3 is 3.00 bits per heavy atom. The van der Waals surface area contributed by atoms with Crippen molar-refractivity contribution in [1.29, 1.82) is 0 Å². The molecule has 0 fully saturated rings. The van der Waals surface area contributed by atoms with Gasteiger partial charge in [0.15, 0.2) is 5.69 Å². The van der Waals surface area contributed by atoms with Crippen molar-refractivity contribution in [1.82, 2.24) is 5.16 Å². The number of hydrogen-bond acceptors (Lipinski definition) is 3. The Labute approximate surface area is 52.5 Å². The minimum atomic E-state index is -1.23. The first-order valence-electron chi connectivity index (χ1n) is 2.79. The fraction of sp³-hybridized carbons (Fsp3) is 0.200. The van der Waals surface area contributed by atoms with E-state index in [2.05, 4.69) is 9.68 Å². The molecule has 0 aliphatic heterocycles. The van der Waals surface area contributed by atoms with Gasteiger partial charge in [0.1, 0.15) is 5.76 Å². The molecule has 1 rings (SSSR count). The molecule has 0 spiro atoms. The Hall–Kier alpha value is -1.32. The van der Waals surface area contributed by atoms with Crippen LogP contribution in [0.25, 0.3) is 0 Å². The topological polar surface area (TPSA) is 63.3 Å². The van der Waals surface area contributed by atoms with E-state index in [4.69, 9.17) is 6.48 Å². The minimum Gasteiger partial charge on any atom is -0.476 e. The maximum Gasteiger partial charge on any atom is 0.358 e. The summed E-state index contributed by atoms with van der Waals surface area (Å²) in [5.74, 6) is -1.01. The summed E-state index contributed by atoms with van der Waals surface area (Å²) in [6.45, 7) is 1.49. The van der Waals surface area contributed by atoms with Gasteiger partial charge in [0.2, 0.25) is 0 Å². The molecule has 48 valence electrons. The fourth-order valence-corrected chi connectivity index (χ4v) is 0.419. The molecule has 1 heterocycles. The smallest absolute Gasteiger partial charge is 0.358 e. The van der Waals surface area contributed by atoms with Crippen LogP contribution < -0.4 is 0 Å². The number of nitrogens with zero attached hydrogens (tertiary/aromatic N) is 1. The highest BCUT2D eigenvalue weighted by Crippen LogP contribution is 1.99. The molecule has 0 aliphatic carbocycles. The summed E-state index contributed by atoms with van der Waals surface area (Å²) in [6.07, 6.45) is 0. The molecule has 0 radical (unpaired) electrons. The van der Waals surface area contributed by atoms with E-state index in [1.807, 2.05) is 0 Å². The van der Waals surface area contributed by atoms with Gasteiger partial charge in [-0.3, -0.25) is 0 Å². The molecule has 4 heteroatoms. The van der Waals surface area contributed by atoms with E-state index in [1.54, 1.807) is 0 Å². The predicted molar refractivity (Wildman–Crippen MR) is 28.2 cm³/mol. The Bertz CT molecular complexity index is 268. The quantitative estimate of drug-likeness (QED) is 0.604. The van der Waals surface area contributed by atoms with E-state index in [9.17, 15) is 4.79 Å². The van der Waals surface area contributed by atoms with Crippen molar-refractivity contribution in [3.63, 3.8) is 0 Å². The van der Waals surface area contributed by atoms with Crippen LogP contribution in [-0.2, 0) is 0 Å². The van der Waals surface area contributed by atoms with Crippen LogP contribution in [-0.4, -0.2) is 16.2 Å². The van der Waals surface area contributed by atoms with Crippen molar-refractivity contribution in [2.24, 2.45) is 0 Å². The van der Waals surface area contributed by atoms with E-state index in [1.165, 1.54) is 6.92 Å². The molecular weight excluding hydrogens is 122 g/mol. The number of hydrogen-bond donors (Lipinski definition) is 1. The molecule has 9 heavy (non-hydrogen) atoms. The average molecular weight is 128 g/mol. The molecule has 0 aliphatic rings. The fourth-order valence-electron chi connectivity index (χ4n) is 0.419. The second-order valence-electron chi connectivity index (χ2n) is 1.52. The highest BCUT2D eigenvalue weighted by Gasteiger charge is 2.06. The molecule has 0 amide bonds. The van der Waals surface area contributed by atoms with Crippen molar-refractivity contribution >= 4 is 5.97 Å². The van der Waals surface area contributed by atoms with Crippen molar-refractivity contribution in [3.05, 3.63) is 17.5 Å². The minimum absolute atomic E-state index is 0.160. The van der Waals surface area contributed by atoms with Gasteiger partial charge in [-0.05, 0) is 6.92 Å². The second kappa shape index (κ2) is 1.89. The van der Waals surface area contributed by atoms with Gasteiger partial charge in [0, 0.05) is 6.04 Å². The number of carboxylic acid groups (broad SMARTS) is 1. The molecule has 1 aromatic heterocycles. The Morgan fingerprint density at radius 1 is 2.11 bits per heavy atom. The van der Waals surface area contributed by atoms with Gasteiger partial charge in [-0.1, -0.05) is 5.16 Å². The lowest BCUT2D eigenvalue weighted by atomic mass is 10.4. The summed E-state index contributed by atoms with van der Waals surface area (Å²) in [6, 6.07) is -0.160. The zero-order valence-corrected chi connectivity index (χ0v) is 4.71. The molecule has 0 bridgehead atoms. The van der Waals surface area contributed by atoms with Crippen LogP contribution in [0, 0.1) is 6.92 Å². The van der Waals surface area contributed by atoms with Crippen LogP contribution in [0.1, 0.15) is 17.6 Å².